The lowest BCUT2D eigenvalue weighted by atomic mass is 10.1. The van der Waals surface area contributed by atoms with Crippen molar-refractivity contribution in [3.05, 3.63) is 29.8 Å². The van der Waals surface area contributed by atoms with E-state index in [1.54, 1.807) is 0 Å². The third-order valence-electron chi connectivity index (χ3n) is 2.41. The molecular weight excluding hydrogens is 236 g/mol. The van der Waals surface area contributed by atoms with Crippen LogP contribution < -0.4 is 10.5 Å². The van der Waals surface area contributed by atoms with Gasteiger partial charge in [0.2, 0.25) is 0 Å². The Morgan fingerprint density at radius 1 is 1.41 bits per heavy atom. The molecule has 90 valence electrons. The first-order valence-corrected chi connectivity index (χ1v) is 6.33. The number of amidine groups is 1. The van der Waals surface area contributed by atoms with E-state index in [1.807, 2.05) is 31.2 Å². The Kier molecular flexibility index (Phi) is 3.68. The van der Waals surface area contributed by atoms with Crippen molar-refractivity contribution in [2.75, 3.05) is 6.61 Å². The summed E-state index contributed by atoms with van der Waals surface area (Å²) in [5, 5.41) is 0.193. The predicted molar refractivity (Wildman–Crippen MR) is 69.3 cm³/mol. The zero-order valence-electron chi connectivity index (χ0n) is 9.55. The predicted octanol–water partition coefficient (Wildman–Crippen LogP) is 1.58. The molecule has 0 saturated carbocycles. The Bertz CT molecular complexity index is 442. The number of carbonyl (C=O) groups is 1. The standard InChI is InChI=1S/C12H14N2O2S/c1-2-16-9-5-3-8(4-6-9)7-10-11(15)14-12(13)17-10/h3-6,10H,2,7H2,1H3,(H2,13,14,15)/t10-/m0/s1. The van der Waals surface area contributed by atoms with E-state index in [2.05, 4.69) is 4.99 Å². The molecule has 2 N–H and O–H groups in total. The van der Waals surface area contributed by atoms with Crippen LogP contribution in [0.3, 0.4) is 0 Å². The summed E-state index contributed by atoms with van der Waals surface area (Å²) in [5.74, 6) is 0.707. The zero-order chi connectivity index (χ0) is 12.3. The van der Waals surface area contributed by atoms with Crippen molar-refractivity contribution < 1.29 is 9.53 Å². The second-order valence-corrected chi connectivity index (χ2v) is 4.90. The molecule has 2 rings (SSSR count). The van der Waals surface area contributed by atoms with E-state index in [4.69, 9.17) is 10.5 Å². The molecule has 1 aromatic rings. The number of benzene rings is 1. The van der Waals surface area contributed by atoms with Crippen LogP contribution in [-0.4, -0.2) is 22.9 Å². The van der Waals surface area contributed by atoms with E-state index in [0.29, 0.717) is 18.2 Å². The lowest BCUT2D eigenvalue weighted by molar-refractivity contribution is -0.117. The number of hydrogen-bond donors (Lipinski definition) is 1. The van der Waals surface area contributed by atoms with Crippen molar-refractivity contribution in [1.29, 1.82) is 0 Å². The van der Waals surface area contributed by atoms with Crippen LogP contribution in [0.25, 0.3) is 0 Å². The monoisotopic (exact) mass is 250 g/mol. The minimum absolute atomic E-state index is 0.138. The van der Waals surface area contributed by atoms with E-state index in [9.17, 15) is 4.79 Å². The van der Waals surface area contributed by atoms with Gasteiger partial charge >= 0.3 is 0 Å². The molecule has 0 saturated heterocycles. The summed E-state index contributed by atoms with van der Waals surface area (Å²) >= 11 is 1.33. The molecule has 17 heavy (non-hydrogen) atoms. The number of carbonyl (C=O) groups excluding carboxylic acids is 1. The van der Waals surface area contributed by atoms with Gasteiger partial charge in [0, 0.05) is 0 Å². The molecule has 1 amide bonds. The fourth-order valence-corrected chi connectivity index (χ4v) is 2.50. The summed E-state index contributed by atoms with van der Waals surface area (Å²) in [6, 6.07) is 7.75. The summed E-state index contributed by atoms with van der Waals surface area (Å²) in [6.07, 6.45) is 0.653. The molecule has 0 fully saturated rings. The van der Waals surface area contributed by atoms with Gasteiger partial charge in [0.05, 0.1) is 11.9 Å². The molecule has 4 nitrogen and oxygen atoms in total. The molecule has 1 aliphatic rings. The molecule has 0 unspecified atom stereocenters. The van der Waals surface area contributed by atoms with Crippen LogP contribution in [0, 0.1) is 0 Å². The number of ether oxygens (including phenoxy) is 1. The molecule has 0 radical (unpaired) electrons. The number of nitrogens with two attached hydrogens (primary N) is 1. The van der Waals surface area contributed by atoms with Gasteiger partial charge in [-0.2, -0.15) is 4.99 Å². The number of aliphatic imine (C=N–C) groups is 1. The highest BCUT2D eigenvalue weighted by Gasteiger charge is 2.26. The molecule has 1 aromatic carbocycles. The maximum atomic E-state index is 11.4. The number of amides is 1. The van der Waals surface area contributed by atoms with Gasteiger partial charge in [0.15, 0.2) is 5.17 Å². The van der Waals surface area contributed by atoms with Crippen molar-refractivity contribution in [2.45, 2.75) is 18.6 Å². The Hall–Kier alpha value is -1.49. The molecule has 0 aromatic heterocycles. The van der Waals surface area contributed by atoms with Crippen LogP contribution in [0.15, 0.2) is 29.3 Å². The largest absolute Gasteiger partial charge is 0.494 e. The van der Waals surface area contributed by atoms with Gasteiger partial charge in [-0.3, -0.25) is 4.79 Å². The number of thioether (sulfide) groups is 1. The fraction of sp³-hybridized carbons (Fsp3) is 0.333. The SMILES string of the molecule is CCOc1ccc(C[C@@H]2SC(N)=NC2=O)cc1. The van der Waals surface area contributed by atoms with Crippen LogP contribution in [0.5, 0.6) is 5.75 Å². The maximum Gasteiger partial charge on any atom is 0.261 e. The van der Waals surface area contributed by atoms with Gasteiger partial charge in [0.1, 0.15) is 5.75 Å². The quantitative estimate of drug-likeness (QED) is 0.881. The summed E-state index contributed by atoms with van der Waals surface area (Å²) in [6.45, 7) is 2.60. The van der Waals surface area contributed by atoms with E-state index in [-0.39, 0.29) is 11.2 Å². The van der Waals surface area contributed by atoms with Crippen LogP contribution >= 0.6 is 11.8 Å². The highest BCUT2D eigenvalue weighted by atomic mass is 32.2. The van der Waals surface area contributed by atoms with Gasteiger partial charge in [-0.15, -0.1) is 0 Å². The summed E-state index contributed by atoms with van der Waals surface area (Å²) in [5.41, 5.74) is 6.59. The molecule has 1 heterocycles. The summed E-state index contributed by atoms with van der Waals surface area (Å²) in [4.78, 5) is 15.2. The molecule has 5 heteroatoms. The molecule has 0 bridgehead atoms. The van der Waals surface area contributed by atoms with Crippen LogP contribution in [-0.2, 0) is 11.2 Å². The molecular formula is C12H14N2O2S. The van der Waals surface area contributed by atoms with Crippen molar-refractivity contribution in [3.8, 4) is 5.75 Å². The highest BCUT2D eigenvalue weighted by Crippen LogP contribution is 2.24. The van der Waals surface area contributed by atoms with Crippen molar-refractivity contribution >= 4 is 22.8 Å². The second-order valence-electron chi connectivity index (χ2n) is 3.68. The van der Waals surface area contributed by atoms with E-state index < -0.39 is 0 Å². The fourth-order valence-electron chi connectivity index (χ4n) is 1.63. The van der Waals surface area contributed by atoms with E-state index in [0.717, 1.165) is 11.3 Å². The molecule has 0 spiro atoms. The minimum atomic E-state index is -0.173. The minimum Gasteiger partial charge on any atom is -0.494 e. The lowest BCUT2D eigenvalue weighted by Gasteiger charge is -2.07. The van der Waals surface area contributed by atoms with E-state index >= 15 is 0 Å². The van der Waals surface area contributed by atoms with Gasteiger partial charge in [-0.05, 0) is 31.0 Å². The number of hydrogen-bond acceptors (Lipinski definition) is 4. The van der Waals surface area contributed by atoms with Gasteiger partial charge in [0.25, 0.3) is 5.91 Å². The Balaban J connectivity index is 1.98. The van der Waals surface area contributed by atoms with Gasteiger partial charge < -0.3 is 10.5 Å². The Labute approximate surface area is 104 Å². The lowest BCUT2D eigenvalue weighted by Crippen LogP contribution is -2.14. The molecule has 1 aliphatic heterocycles. The Morgan fingerprint density at radius 2 is 2.12 bits per heavy atom. The molecule has 0 aliphatic carbocycles. The first-order valence-electron chi connectivity index (χ1n) is 5.45. The van der Waals surface area contributed by atoms with Gasteiger partial charge in [-0.25, -0.2) is 0 Å². The van der Waals surface area contributed by atoms with Crippen LogP contribution in [0.2, 0.25) is 0 Å². The number of rotatable bonds is 4. The van der Waals surface area contributed by atoms with Crippen molar-refractivity contribution in [1.82, 2.24) is 0 Å². The first-order chi connectivity index (χ1) is 8.19. The average molecular weight is 250 g/mol. The normalized spacial score (nSPS) is 19.2. The smallest absolute Gasteiger partial charge is 0.261 e. The maximum absolute atomic E-state index is 11.4. The van der Waals surface area contributed by atoms with Crippen LogP contribution in [0.1, 0.15) is 12.5 Å². The highest BCUT2D eigenvalue weighted by molar-refractivity contribution is 8.15. The topological polar surface area (TPSA) is 64.7 Å². The third-order valence-corrected chi connectivity index (χ3v) is 3.40. The molecule has 1 atom stereocenters. The van der Waals surface area contributed by atoms with Crippen LogP contribution in [0.4, 0.5) is 0 Å². The van der Waals surface area contributed by atoms with Crippen molar-refractivity contribution in [2.24, 2.45) is 10.7 Å². The second kappa shape index (κ2) is 5.23. The first kappa shape index (κ1) is 12.0. The number of nitrogens with zero attached hydrogens (tertiary/aromatic N) is 1. The summed E-state index contributed by atoms with van der Waals surface area (Å²) < 4.78 is 5.35. The average Bonchev–Trinajstić information content (AvgIpc) is 2.61. The summed E-state index contributed by atoms with van der Waals surface area (Å²) in [7, 11) is 0. The van der Waals surface area contributed by atoms with Gasteiger partial charge in [-0.1, -0.05) is 23.9 Å². The van der Waals surface area contributed by atoms with Crippen molar-refractivity contribution in [3.63, 3.8) is 0 Å². The zero-order valence-corrected chi connectivity index (χ0v) is 10.4. The third kappa shape index (κ3) is 3.00. The van der Waals surface area contributed by atoms with E-state index in [1.165, 1.54) is 11.8 Å². The Morgan fingerprint density at radius 3 is 2.65 bits per heavy atom.